The van der Waals surface area contributed by atoms with Crippen molar-refractivity contribution in [3.63, 3.8) is 0 Å². The number of unbranched alkanes of at least 4 members (excludes halogenated alkanes) is 2. The number of carbonyl (C=O) groups excluding carboxylic acids is 4. The number of carbonyl (C=O) groups is 8. The second kappa shape index (κ2) is 36.3. The third-order valence-electron chi connectivity index (χ3n) is 12.6. The summed E-state index contributed by atoms with van der Waals surface area (Å²) in [5.41, 5.74) is 3.13. The van der Waals surface area contributed by atoms with E-state index in [0.29, 0.717) is 87.4 Å². The van der Waals surface area contributed by atoms with Crippen LogP contribution in [0.25, 0.3) is 0 Å². The van der Waals surface area contributed by atoms with E-state index in [4.69, 9.17) is 24.4 Å². The fourth-order valence-corrected chi connectivity index (χ4v) is 9.58. The van der Waals surface area contributed by atoms with Gasteiger partial charge in [-0.1, -0.05) is 67.6 Å². The van der Waals surface area contributed by atoms with Crippen LogP contribution in [0, 0.1) is 57.7 Å². The molecule has 1 saturated heterocycles. The van der Waals surface area contributed by atoms with Crippen molar-refractivity contribution in [1.29, 1.82) is 0 Å². The van der Waals surface area contributed by atoms with Crippen LogP contribution in [0.15, 0.2) is 48.5 Å². The van der Waals surface area contributed by atoms with Gasteiger partial charge in [0.2, 0.25) is 5.91 Å². The van der Waals surface area contributed by atoms with Crippen LogP contribution >= 0.6 is 36.2 Å². The number of nitrogens with one attached hydrogen (secondary N) is 2. The van der Waals surface area contributed by atoms with Gasteiger partial charge < -0.3 is 31.1 Å². The Kier molecular flexibility index (Phi) is 32.6. The Morgan fingerprint density at radius 3 is 1.89 bits per heavy atom. The molecule has 1 aliphatic heterocycles. The number of thiocarbonyl (C=S) groups is 2. The van der Waals surface area contributed by atoms with Crippen LogP contribution in [0.4, 0.5) is 5.69 Å². The van der Waals surface area contributed by atoms with Gasteiger partial charge in [-0.2, -0.15) is 11.8 Å². The normalized spacial score (nSPS) is 15.8. The smallest absolute Gasteiger partial charge is 0.317 e. The number of carboxylic acid groups (broad SMARTS) is 4. The fourth-order valence-electron chi connectivity index (χ4n) is 8.63. The van der Waals surface area contributed by atoms with Gasteiger partial charge in [0.05, 0.1) is 37.1 Å². The van der Waals surface area contributed by atoms with Crippen molar-refractivity contribution in [3.8, 4) is 0 Å². The summed E-state index contributed by atoms with van der Waals surface area (Å²) >= 11 is 12.2. The van der Waals surface area contributed by atoms with E-state index in [-0.39, 0.29) is 122 Å². The predicted molar refractivity (Wildman–Crippen MR) is 286 cm³/mol. The molecule has 0 radical (unpaired) electrons. The quantitative estimate of drug-likeness (QED) is 0.0271. The average Bonchev–Trinajstić information content (AvgIpc) is 3.31. The standard InChI is InChI=1S/C52H73N5O12S3.Gd/c1-36(70)54-43-14-11-38(12-15-43)28-46(71)10-5-3-4-8-42(52(68)69)30-45(59)32-53-51(67)41(19-26-72-2)31-47(60)40-9-6-7-37(27-40)13-16-44(58)33-55-20-17-39(29-48(61)62)18-21-56(34-49(63)64)23-25-57(24-22-55)35-50(65)66;/h6-7,9,11-12,14-15,27,39,41-42H,3-5,8,10,13,16-26,28-35H2,1-2H3,(H,53,67)(H,54,70)(H,61,62)(H,63,64)(H,65,66)(H,68,69);/t39?,41-,42-;/m1./s1. The maximum Gasteiger partial charge on any atom is 0.317 e. The van der Waals surface area contributed by atoms with Crippen LogP contribution in [-0.4, -0.2) is 170 Å². The van der Waals surface area contributed by atoms with E-state index in [0.717, 1.165) is 40.9 Å². The third kappa shape index (κ3) is 28.7. The summed E-state index contributed by atoms with van der Waals surface area (Å²) in [6.45, 7) is 2.94. The molecular weight excluding hydrogens is 1140 g/mol. The third-order valence-corrected chi connectivity index (χ3v) is 13.7. The van der Waals surface area contributed by atoms with Crippen LogP contribution in [0.1, 0.15) is 105 Å². The largest absolute Gasteiger partial charge is 0.481 e. The van der Waals surface area contributed by atoms with Crippen LogP contribution in [-0.2, 0) is 46.4 Å². The van der Waals surface area contributed by atoms with Gasteiger partial charge in [-0.25, -0.2) is 0 Å². The molecule has 6 N–H and O–H groups in total. The minimum Gasteiger partial charge on any atom is -0.481 e. The van der Waals surface area contributed by atoms with Gasteiger partial charge in [-0.3, -0.25) is 53.1 Å². The Bertz CT molecular complexity index is 2130. The second-order valence-electron chi connectivity index (χ2n) is 18.7. The zero-order valence-electron chi connectivity index (χ0n) is 42.0. The van der Waals surface area contributed by atoms with E-state index < -0.39 is 47.4 Å². The van der Waals surface area contributed by atoms with Gasteiger partial charge >= 0.3 is 23.9 Å². The molecule has 2 aromatic rings. The summed E-state index contributed by atoms with van der Waals surface area (Å²) in [6.07, 6.45) is 7.06. The molecule has 0 aromatic heterocycles. The molecule has 0 aliphatic carbocycles. The van der Waals surface area contributed by atoms with E-state index >= 15 is 0 Å². The maximum atomic E-state index is 13.6. The molecule has 2 aromatic carbocycles. The minimum atomic E-state index is -1.07. The first-order valence-electron chi connectivity index (χ1n) is 24.7. The number of hydrogen-bond acceptors (Lipinski definition) is 14. The van der Waals surface area contributed by atoms with Crippen molar-refractivity contribution in [2.45, 2.75) is 96.8 Å². The number of amides is 1. The molecule has 1 heterocycles. The van der Waals surface area contributed by atoms with Gasteiger partial charge in [0, 0.05) is 115 Å². The SMILES string of the molecule is CSCC[C@H](CC(=O)c1cccc(CCC(=O)CN2CCC(CC(=O)O)CCN(CC(=O)O)CCN(CC(=O)O)CC2)c1)C(=O)NCC(=O)C[C@@H](CCCCCC(=S)Cc1ccc(NC(C)=S)cc1)C(=O)O.[Gd]. The number of ketones is 3. The molecule has 1 aliphatic rings. The number of Topliss-reactive ketones (excluding diaryl/α,β-unsaturated/α-hetero) is 3. The fraction of sp³-hybridized carbons (Fsp3) is 0.577. The van der Waals surface area contributed by atoms with E-state index in [1.54, 1.807) is 28.0 Å². The maximum absolute atomic E-state index is 13.6. The number of anilines is 1. The van der Waals surface area contributed by atoms with Gasteiger partial charge in [-0.15, -0.1) is 0 Å². The van der Waals surface area contributed by atoms with Crippen LogP contribution in [0.5, 0.6) is 0 Å². The van der Waals surface area contributed by atoms with E-state index in [1.807, 2.05) is 48.4 Å². The molecule has 3 atom stereocenters. The van der Waals surface area contributed by atoms with Crippen LogP contribution < -0.4 is 10.6 Å². The molecule has 0 bridgehead atoms. The molecule has 73 heavy (non-hydrogen) atoms. The molecule has 0 saturated carbocycles. The Morgan fingerprint density at radius 1 is 0.699 bits per heavy atom. The molecule has 3 rings (SSSR count). The van der Waals surface area contributed by atoms with Crippen molar-refractivity contribution in [3.05, 3.63) is 65.2 Å². The number of aliphatic carboxylic acids is 4. The summed E-state index contributed by atoms with van der Waals surface area (Å²) < 4.78 is 0. The topological polar surface area (TPSA) is 251 Å². The zero-order chi connectivity index (χ0) is 53.0. The van der Waals surface area contributed by atoms with Crippen LogP contribution in [0.2, 0.25) is 0 Å². The average molecular weight is 1210 g/mol. The number of aryl methyl sites for hydroxylation is 1. The number of benzene rings is 2. The Labute approximate surface area is 476 Å². The van der Waals surface area contributed by atoms with Gasteiger partial charge in [0.25, 0.3) is 0 Å². The molecule has 21 heteroatoms. The summed E-state index contributed by atoms with van der Waals surface area (Å²) in [4.78, 5) is 107. The Balaban J connectivity index is 0.0000183. The summed E-state index contributed by atoms with van der Waals surface area (Å²) in [6, 6.07) is 14.8. The number of rotatable bonds is 32. The van der Waals surface area contributed by atoms with E-state index in [1.165, 1.54) is 11.8 Å². The van der Waals surface area contributed by atoms with Crippen molar-refractivity contribution < 1.29 is 98.7 Å². The summed E-state index contributed by atoms with van der Waals surface area (Å²) in [5, 5.41) is 44.2. The first-order valence-corrected chi connectivity index (χ1v) is 26.9. The molecule has 0 spiro atoms. The number of thioether (sulfide) groups is 1. The summed E-state index contributed by atoms with van der Waals surface area (Å²) in [5.74, 6) is -6.63. The van der Waals surface area contributed by atoms with E-state index in [9.17, 15) is 58.8 Å². The van der Waals surface area contributed by atoms with Crippen molar-refractivity contribution in [1.82, 2.24) is 20.0 Å². The number of carboxylic acids is 4. The molecule has 404 valence electrons. The van der Waals surface area contributed by atoms with Gasteiger partial charge in [-0.05, 0) is 117 Å². The van der Waals surface area contributed by atoms with Crippen molar-refractivity contribution in [2.24, 2.45) is 17.8 Å². The first kappa shape index (κ1) is 65.4. The van der Waals surface area contributed by atoms with Gasteiger partial charge in [0.1, 0.15) is 5.78 Å². The molecule has 17 nitrogen and oxygen atoms in total. The Hall–Kier alpha value is -3.67. The predicted octanol–water partition coefficient (Wildman–Crippen LogP) is 6.19. The minimum absolute atomic E-state index is 0. The molecule has 1 amide bonds. The number of nitrogens with zero attached hydrogens (tertiary/aromatic N) is 3. The second-order valence-corrected chi connectivity index (χ2v) is 20.9. The first-order chi connectivity index (χ1) is 34.3. The van der Waals surface area contributed by atoms with E-state index in [2.05, 4.69) is 10.6 Å². The zero-order valence-corrected chi connectivity index (χ0v) is 46.7. The molecule has 1 fully saturated rings. The van der Waals surface area contributed by atoms with Crippen LogP contribution in [0.3, 0.4) is 0 Å². The molecular formula is C52H73GdN5O12S3. The number of hydrogen-bond donors (Lipinski definition) is 6. The van der Waals surface area contributed by atoms with Gasteiger partial charge in [0.15, 0.2) is 11.6 Å². The van der Waals surface area contributed by atoms with Crippen molar-refractivity contribution in [2.75, 3.05) is 82.8 Å². The monoisotopic (exact) mass is 1210 g/mol. The van der Waals surface area contributed by atoms with Crippen molar-refractivity contribution >= 4 is 98.9 Å². The Morgan fingerprint density at radius 2 is 1.32 bits per heavy atom. The summed E-state index contributed by atoms with van der Waals surface area (Å²) in [7, 11) is 0. The molecule has 1 unspecified atom stereocenters.